The first kappa shape index (κ1) is 13.1. The van der Waals surface area contributed by atoms with Crippen LogP contribution >= 0.6 is 0 Å². The van der Waals surface area contributed by atoms with Gasteiger partial charge in [-0.2, -0.15) is 5.10 Å². The highest BCUT2D eigenvalue weighted by Crippen LogP contribution is 2.06. The molecule has 0 amide bonds. The Balaban J connectivity index is 1.99. The predicted octanol–water partition coefficient (Wildman–Crippen LogP) is 1.23. The molecule has 2 rings (SSSR count). The van der Waals surface area contributed by atoms with E-state index in [-0.39, 0.29) is 0 Å². The quantitative estimate of drug-likeness (QED) is 0.640. The maximum Gasteiger partial charge on any atom is 0.190 e. The molecule has 0 radical (unpaired) electrons. The zero-order valence-corrected chi connectivity index (χ0v) is 11.3. The van der Waals surface area contributed by atoms with Gasteiger partial charge in [0.2, 0.25) is 0 Å². The number of nitrogens with one attached hydrogen (secondary N) is 2. The lowest BCUT2D eigenvalue weighted by Gasteiger charge is -2.09. The van der Waals surface area contributed by atoms with Crippen LogP contribution in [0.2, 0.25) is 0 Å². The molecule has 0 spiro atoms. The van der Waals surface area contributed by atoms with E-state index in [2.05, 4.69) is 45.0 Å². The minimum Gasteiger partial charge on any atom is -0.359 e. The fraction of sp³-hybridized carbons (Fsp3) is 0.286. The van der Waals surface area contributed by atoms with Crippen LogP contribution in [0.3, 0.4) is 0 Å². The number of nitrogens with zero attached hydrogens (tertiary/aromatic N) is 3. The summed E-state index contributed by atoms with van der Waals surface area (Å²) < 4.78 is 1.92. The van der Waals surface area contributed by atoms with Crippen LogP contribution in [0.4, 0.5) is 0 Å². The first-order chi connectivity index (χ1) is 9.31. The minimum atomic E-state index is 0.750. The maximum absolute atomic E-state index is 4.21. The Morgan fingerprint density at radius 3 is 2.84 bits per heavy atom. The fourth-order valence-corrected chi connectivity index (χ4v) is 1.88. The van der Waals surface area contributed by atoms with Crippen LogP contribution in [-0.4, -0.2) is 29.8 Å². The molecule has 1 heterocycles. The van der Waals surface area contributed by atoms with Gasteiger partial charge in [0.05, 0.1) is 6.54 Å². The summed E-state index contributed by atoms with van der Waals surface area (Å²) in [7, 11) is 3.61. The Kier molecular flexibility index (Phi) is 4.55. The van der Waals surface area contributed by atoms with Gasteiger partial charge in [-0.3, -0.25) is 9.67 Å². The maximum atomic E-state index is 4.21. The standard InChI is InChI=1S/C14H19N5/c1-15-14(16-2)17-10-12-5-3-6-13(9-12)11-19-8-4-7-18-19/h3-9H,10-11H2,1-2H3,(H2,15,16,17). The number of aliphatic imine (C=N–C) groups is 1. The Morgan fingerprint density at radius 2 is 2.16 bits per heavy atom. The molecule has 19 heavy (non-hydrogen) atoms. The molecule has 0 aliphatic carbocycles. The lowest BCUT2D eigenvalue weighted by atomic mass is 10.1. The lowest BCUT2D eigenvalue weighted by molar-refractivity contribution is 0.685. The molecule has 0 fully saturated rings. The molecular formula is C14H19N5. The van der Waals surface area contributed by atoms with Crippen LogP contribution in [0.15, 0.2) is 47.7 Å². The molecule has 1 aromatic heterocycles. The normalized spacial score (nSPS) is 11.4. The van der Waals surface area contributed by atoms with Crippen LogP contribution < -0.4 is 10.6 Å². The SMILES string of the molecule is CN=C(NC)NCc1cccc(Cn2cccn2)c1. The van der Waals surface area contributed by atoms with Crippen molar-refractivity contribution in [3.05, 3.63) is 53.9 Å². The Bertz CT molecular complexity index is 531. The molecule has 5 heteroatoms. The molecule has 0 bridgehead atoms. The van der Waals surface area contributed by atoms with Crippen molar-refractivity contribution in [2.24, 2.45) is 4.99 Å². The highest BCUT2D eigenvalue weighted by molar-refractivity contribution is 5.79. The van der Waals surface area contributed by atoms with E-state index in [0.29, 0.717) is 0 Å². The van der Waals surface area contributed by atoms with Gasteiger partial charge in [0.1, 0.15) is 0 Å². The third-order valence-electron chi connectivity index (χ3n) is 2.82. The van der Waals surface area contributed by atoms with E-state index in [1.54, 1.807) is 13.2 Å². The summed E-state index contributed by atoms with van der Waals surface area (Å²) in [6, 6.07) is 10.4. The number of aromatic nitrogens is 2. The van der Waals surface area contributed by atoms with E-state index in [9.17, 15) is 0 Å². The topological polar surface area (TPSA) is 54.2 Å². The van der Waals surface area contributed by atoms with Gasteiger partial charge in [-0.25, -0.2) is 0 Å². The molecule has 0 saturated carbocycles. The molecule has 2 aromatic rings. The van der Waals surface area contributed by atoms with Crippen LogP contribution in [-0.2, 0) is 13.1 Å². The first-order valence-electron chi connectivity index (χ1n) is 6.25. The summed E-state index contributed by atoms with van der Waals surface area (Å²) in [4.78, 5) is 4.09. The second kappa shape index (κ2) is 6.58. The average Bonchev–Trinajstić information content (AvgIpc) is 2.93. The average molecular weight is 257 g/mol. The highest BCUT2D eigenvalue weighted by atomic mass is 15.3. The van der Waals surface area contributed by atoms with Crippen LogP contribution in [0.1, 0.15) is 11.1 Å². The van der Waals surface area contributed by atoms with Crippen LogP contribution in [0.5, 0.6) is 0 Å². The van der Waals surface area contributed by atoms with Gasteiger partial charge in [0.25, 0.3) is 0 Å². The summed E-state index contributed by atoms with van der Waals surface area (Å²) in [5.41, 5.74) is 2.46. The van der Waals surface area contributed by atoms with Crippen molar-refractivity contribution < 1.29 is 0 Å². The monoisotopic (exact) mass is 257 g/mol. The van der Waals surface area contributed by atoms with Crippen molar-refractivity contribution in [2.75, 3.05) is 14.1 Å². The Hall–Kier alpha value is -2.30. The van der Waals surface area contributed by atoms with Gasteiger partial charge < -0.3 is 10.6 Å². The lowest BCUT2D eigenvalue weighted by Crippen LogP contribution is -2.34. The molecule has 2 N–H and O–H groups in total. The number of hydrogen-bond acceptors (Lipinski definition) is 2. The van der Waals surface area contributed by atoms with Crippen molar-refractivity contribution >= 4 is 5.96 Å². The third kappa shape index (κ3) is 3.84. The largest absolute Gasteiger partial charge is 0.359 e. The number of hydrogen-bond donors (Lipinski definition) is 2. The van der Waals surface area contributed by atoms with E-state index >= 15 is 0 Å². The van der Waals surface area contributed by atoms with E-state index in [0.717, 1.165) is 19.0 Å². The summed E-state index contributed by atoms with van der Waals surface area (Å²) in [5, 5.41) is 10.4. The molecule has 0 aliphatic heterocycles. The fourth-order valence-electron chi connectivity index (χ4n) is 1.88. The summed E-state index contributed by atoms with van der Waals surface area (Å²) in [6.45, 7) is 1.54. The van der Waals surface area contributed by atoms with Crippen LogP contribution in [0.25, 0.3) is 0 Å². The minimum absolute atomic E-state index is 0.750. The van der Waals surface area contributed by atoms with Gasteiger partial charge in [-0.15, -0.1) is 0 Å². The number of rotatable bonds is 4. The molecule has 0 saturated heterocycles. The predicted molar refractivity (Wildman–Crippen MR) is 77.0 cm³/mol. The van der Waals surface area contributed by atoms with E-state index in [1.165, 1.54) is 11.1 Å². The molecule has 0 unspecified atom stereocenters. The Morgan fingerprint density at radius 1 is 1.32 bits per heavy atom. The molecule has 100 valence electrons. The highest BCUT2D eigenvalue weighted by Gasteiger charge is 1.99. The van der Waals surface area contributed by atoms with Crippen molar-refractivity contribution in [3.8, 4) is 0 Å². The number of guanidine groups is 1. The van der Waals surface area contributed by atoms with Gasteiger partial charge in [-0.1, -0.05) is 24.3 Å². The third-order valence-corrected chi connectivity index (χ3v) is 2.82. The molecule has 5 nitrogen and oxygen atoms in total. The number of benzene rings is 1. The zero-order valence-electron chi connectivity index (χ0n) is 11.3. The van der Waals surface area contributed by atoms with E-state index in [1.807, 2.05) is 24.0 Å². The molecule has 0 atom stereocenters. The molecular weight excluding hydrogens is 238 g/mol. The van der Waals surface area contributed by atoms with Gasteiger partial charge >= 0.3 is 0 Å². The zero-order chi connectivity index (χ0) is 13.5. The second-order valence-electron chi connectivity index (χ2n) is 4.20. The summed E-state index contributed by atoms with van der Waals surface area (Å²) in [6.07, 6.45) is 3.76. The van der Waals surface area contributed by atoms with E-state index < -0.39 is 0 Å². The van der Waals surface area contributed by atoms with Crippen molar-refractivity contribution in [1.82, 2.24) is 20.4 Å². The second-order valence-corrected chi connectivity index (χ2v) is 4.20. The molecule has 0 aliphatic rings. The smallest absolute Gasteiger partial charge is 0.190 e. The van der Waals surface area contributed by atoms with Crippen molar-refractivity contribution in [3.63, 3.8) is 0 Å². The van der Waals surface area contributed by atoms with Crippen LogP contribution in [0, 0.1) is 0 Å². The van der Waals surface area contributed by atoms with Gasteiger partial charge in [0.15, 0.2) is 5.96 Å². The Labute approximate surface area is 113 Å². The van der Waals surface area contributed by atoms with Gasteiger partial charge in [0, 0.05) is 33.0 Å². The van der Waals surface area contributed by atoms with E-state index in [4.69, 9.17) is 0 Å². The summed E-state index contributed by atoms with van der Waals surface area (Å²) >= 11 is 0. The molecule has 1 aromatic carbocycles. The van der Waals surface area contributed by atoms with Crippen molar-refractivity contribution in [2.45, 2.75) is 13.1 Å². The van der Waals surface area contributed by atoms with Gasteiger partial charge in [-0.05, 0) is 17.2 Å². The first-order valence-corrected chi connectivity index (χ1v) is 6.25. The summed E-state index contributed by atoms with van der Waals surface area (Å²) in [5.74, 6) is 0.789. The van der Waals surface area contributed by atoms with Crippen molar-refractivity contribution in [1.29, 1.82) is 0 Å².